The molecule has 1 heterocycles. The number of nitrogens with two attached hydrogens (primary N) is 1. The van der Waals surface area contributed by atoms with Gasteiger partial charge in [0, 0.05) is 17.7 Å². The van der Waals surface area contributed by atoms with E-state index in [1.54, 1.807) is 0 Å². The van der Waals surface area contributed by atoms with E-state index in [9.17, 15) is 0 Å². The molecule has 0 spiro atoms. The maximum Gasteiger partial charge on any atom is 0.193 e. The van der Waals surface area contributed by atoms with Crippen molar-refractivity contribution < 1.29 is 4.52 Å². The third-order valence-corrected chi connectivity index (χ3v) is 4.67. The fraction of sp³-hybridized carbons (Fsp3) is 0.474. The van der Waals surface area contributed by atoms with Gasteiger partial charge in [-0.25, -0.2) is 4.99 Å². The van der Waals surface area contributed by atoms with Gasteiger partial charge >= 0.3 is 0 Å². The van der Waals surface area contributed by atoms with Crippen LogP contribution in [0.25, 0.3) is 0 Å². The van der Waals surface area contributed by atoms with Crippen molar-refractivity contribution >= 4 is 35.6 Å². The number of nitrogens with zero attached hydrogens (tertiary/aromatic N) is 2. The summed E-state index contributed by atoms with van der Waals surface area (Å²) in [4.78, 5) is 4.51. The molecule has 0 radical (unpaired) electrons. The van der Waals surface area contributed by atoms with Gasteiger partial charge in [0.2, 0.25) is 0 Å². The largest absolute Gasteiger partial charge is 0.370 e. The minimum absolute atomic E-state index is 0. The predicted molar refractivity (Wildman–Crippen MR) is 113 cm³/mol. The summed E-state index contributed by atoms with van der Waals surface area (Å²) in [6, 6.07) is 6.39. The number of aliphatic imine (C=N–C) groups is 1. The predicted octanol–water partition coefficient (Wildman–Crippen LogP) is 4.22. The molecule has 1 aromatic heterocycles. The lowest BCUT2D eigenvalue weighted by Crippen LogP contribution is -2.24. The zero-order valence-corrected chi connectivity index (χ0v) is 17.3. The number of fused-ring (bicyclic) bond motifs is 1. The summed E-state index contributed by atoms with van der Waals surface area (Å²) in [6.45, 7) is 4.64. The van der Waals surface area contributed by atoms with Crippen molar-refractivity contribution in [3.63, 3.8) is 0 Å². The molecule has 1 aromatic carbocycles. The molecule has 3 N–H and O–H groups in total. The Morgan fingerprint density at radius 2 is 2.04 bits per heavy atom. The fourth-order valence-electron chi connectivity index (χ4n) is 3.36. The number of anilines is 1. The highest BCUT2D eigenvalue weighted by Gasteiger charge is 2.14. The van der Waals surface area contributed by atoms with Gasteiger partial charge in [0.15, 0.2) is 5.96 Å². The Morgan fingerprint density at radius 3 is 2.80 bits per heavy atom. The third-order valence-electron chi connectivity index (χ3n) is 4.67. The maximum atomic E-state index is 6.13. The van der Waals surface area contributed by atoms with Gasteiger partial charge in [0.05, 0.1) is 12.2 Å². The van der Waals surface area contributed by atoms with Crippen LogP contribution in [-0.4, -0.2) is 11.1 Å². The Hall–Kier alpha value is -1.57. The molecule has 0 saturated carbocycles. The number of hydrogen-bond acceptors (Lipinski definition) is 3. The summed E-state index contributed by atoms with van der Waals surface area (Å²) in [7, 11) is 0. The highest BCUT2D eigenvalue weighted by atomic mass is 127. The van der Waals surface area contributed by atoms with Crippen LogP contribution in [0.15, 0.2) is 27.7 Å². The highest BCUT2D eigenvalue weighted by Crippen LogP contribution is 2.27. The molecule has 0 saturated heterocycles. The van der Waals surface area contributed by atoms with E-state index in [1.165, 1.54) is 24.0 Å². The first-order chi connectivity index (χ1) is 11.7. The quantitative estimate of drug-likeness (QED) is 0.403. The standard InChI is InChI=1S/C19H26N4O.HI/c1-3-16-15(18(4-2)24-23-16)12-21-19(20)22-17-11-7-9-13-8-5-6-10-14(13)17;/h7,9,11H,3-6,8,10,12H2,1-2H3,(H3,20,21,22);1H. The van der Waals surface area contributed by atoms with E-state index in [2.05, 4.69) is 47.5 Å². The third kappa shape index (κ3) is 4.54. The van der Waals surface area contributed by atoms with Crippen LogP contribution in [0.2, 0.25) is 0 Å². The van der Waals surface area contributed by atoms with Crippen LogP contribution >= 0.6 is 24.0 Å². The molecule has 136 valence electrons. The fourth-order valence-corrected chi connectivity index (χ4v) is 3.36. The van der Waals surface area contributed by atoms with Gasteiger partial charge in [-0.3, -0.25) is 0 Å². The summed E-state index contributed by atoms with van der Waals surface area (Å²) in [6.07, 6.45) is 6.43. The number of guanidine groups is 1. The number of aromatic nitrogens is 1. The minimum atomic E-state index is 0. The van der Waals surface area contributed by atoms with E-state index in [-0.39, 0.29) is 24.0 Å². The van der Waals surface area contributed by atoms with Crippen molar-refractivity contribution in [2.45, 2.75) is 58.9 Å². The molecular formula is C19H27IN4O. The Labute approximate surface area is 166 Å². The molecule has 6 heteroatoms. The van der Waals surface area contributed by atoms with Gasteiger partial charge in [0.25, 0.3) is 0 Å². The number of nitrogens with one attached hydrogen (secondary N) is 1. The Bertz CT molecular complexity index is 718. The van der Waals surface area contributed by atoms with Crippen LogP contribution in [0, 0.1) is 0 Å². The van der Waals surface area contributed by atoms with Crippen LogP contribution in [0.4, 0.5) is 5.69 Å². The summed E-state index contributed by atoms with van der Waals surface area (Å²) < 4.78 is 5.38. The van der Waals surface area contributed by atoms with Crippen molar-refractivity contribution in [1.29, 1.82) is 0 Å². The second-order valence-corrected chi connectivity index (χ2v) is 6.21. The molecule has 0 unspecified atom stereocenters. The van der Waals surface area contributed by atoms with E-state index < -0.39 is 0 Å². The van der Waals surface area contributed by atoms with E-state index in [0.29, 0.717) is 12.5 Å². The van der Waals surface area contributed by atoms with Crippen LogP contribution in [-0.2, 0) is 32.2 Å². The Balaban J connectivity index is 0.00000225. The van der Waals surface area contributed by atoms with Gasteiger partial charge in [-0.2, -0.15) is 0 Å². The van der Waals surface area contributed by atoms with Gasteiger partial charge in [-0.05, 0) is 49.3 Å². The zero-order chi connectivity index (χ0) is 16.9. The Kier molecular flexibility index (Phi) is 7.28. The lowest BCUT2D eigenvalue weighted by Gasteiger charge is -2.19. The van der Waals surface area contributed by atoms with E-state index >= 15 is 0 Å². The second kappa shape index (κ2) is 9.22. The average Bonchev–Trinajstić information content (AvgIpc) is 3.02. The van der Waals surface area contributed by atoms with Gasteiger partial charge < -0.3 is 15.6 Å². The highest BCUT2D eigenvalue weighted by molar-refractivity contribution is 14.0. The first-order valence-corrected chi connectivity index (χ1v) is 8.86. The summed E-state index contributed by atoms with van der Waals surface area (Å²) in [5.74, 6) is 1.35. The molecule has 0 aliphatic heterocycles. The lowest BCUT2D eigenvalue weighted by atomic mass is 9.90. The smallest absolute Gasteiger partial charge is 0.193 e. The molecule has 2 aromatic rings. The molecular weight excluding hydrogens is 427 g/mol. The zero-order valence-electron chi connectivity index (χ0n) is 15.0. The topological polar surface area (TPSA) is 76.4 Å². The molecule has 0 fully saturated rings. The molecule has 1 aliphatic carbocycles. The van der Waals surface area contributed by atoms with Crippen molar-refractivity contribution in [2.24, 2.45) is 10.7 Å². The van der Waals surface area contributed by atoms with E-state index in [0.717, 1.165) is 48.4 Å². The van der Waals surface area contributed by atoms with Crippen molar-refractivity contribution in [3.05, 3.63) is 46.3 Å². The van der Waals surface area contributed by atoms with E-state index in [4.69, 9.17) is 10.3 Å². The van der Waals surface area contributed by atoms with E-state index in [1.807, 2.05) is 0 Å². The molecule has 0 bridgehead atoms. The van der Waals surface area contributed by atoms with Crippen LogP contribution in [0.1, 0.15) is 54.8 Å². The Morgan fingerprint density at radius 1 is 1.24 bits per heavy atom. The molecule has 25 heavy (non-hydrogen) atoms. The summed E-state index contributed by atoms with van der Waals surface area (Å²) >= 11 is 0. The van der Waals surface area contributed by atoms with Gasteiger partial charge in [0.1, 0.15) is 5.76 Å². The van der Waals surface area contributed by atoms with Crippen molar-refractivity contribution in [3.8, 4) is 0 Å². The summed E-state index contributed by atoms with van der Waals surface area (Å²) in [5.41, 5.74) is 12.1. The first kappa shape index (κ1) is 19.8. The van der Waals surface area contributed by atoms with Crippen LogP contribution in [0.3, 0.4) is 0 Å². The van der Waals surface area contributed by atoms with Crippen molar-refractivity contribution in [1.82, 2.24) is 5.16 Å². The SMILES string of the molecule is CCc1noc(CC)c1CN=C(N)Nc1cccc2c1CCCC2.I. The average molecular weight is 454 g/mol. The van der Waals surface area contributed by atoms with Gasteiger partial charge in [-0.15, -0.1) is 24.0 Å². The summed E-state index contributed by atoms with van der Waals surface area (Å²) in [5, 5.41) is 7.40. The molecule has 1 aliphatic rings. The number of aryl methyl sites for hydroxylation is 3. The van der Waals surface area contributed by atoms with Crippen molar-refractivity contribution in [2.75, 3.05) is 5.32 Å². The maximum absolute atomic E-state index is 6.13. The van der Waals surface area contributed by atoms with Gasteiger partial charge in [-0.1, -0.05) is 31.1 Å². The number of benzene rings is 1. The molecule has 0 atom stereocenters. The molecule has 0 amide bonds. The molecule has 5 nitrogen and oxygen atoms in total. The normalized spacial score (nSPS) is 13.9. The monoisotopic (exact) mass is 454 g/mol. The first-order valence-electron chi connectivity index (χ1n) is 8.86. The minimum Gasteiger partial charge on any atom is -0.370 e. The number of halogens is 1. The molecule has 3 rings (SSSR count). The van der Waals surface area contributed by atoms with Crippen LogP contribution in [0.5, 0.6) is 0 Å². The van der Waals surface area contributed by atoms with Crippen LogP contribution < -0.4 is 11.1 Å². The lowest BCUT2D eigenvalue weighted by molar-refractivity contribution is 0.380. The number of hydrogen-bond donors (Lipinski definition) is 2. The second-order valence-electron chi connectivity index (χ2n) is 6.21. The number of rotatable bonds is 5.